The van der Waals surface area contributed by atoms with Gasteiger partial charge in [0.05, 0.1) is 23.5 Å². The number of aryl methyl sites for hydroxylation is 1. The summed E-state index contributed by atoms with van der Waals surface area (Å²) in [6.45, 7) is 2.31. The van der Waals surface area contributed by atoms with Gasteiger partial charge in [0.15, 0.2) is 0 Å². The highest BCUT2D eigenvalue weighted by Crippen LogP contribution is 2.21. The Morgan fingerprint density at radius 1 is 1.08 bits per heavy atom. The summed E-state index contributed by atoms with van der Waals surface area (Å²) in [5, 5.41) is 15.5. The Balaban J connectivity index is 1.79. The molecule has 0 saturated heterocycles. The third-order valence-corrected chi connectivity index (χ3v) is 3.43. The molecule has 0 saturated carbocycles. The highest BCUT2D eigenvalue weighted by molar-refractivity contribution is 5.95. The lowest BCUT2D eigenvalue weighted by atomic mass is 10.2. The monoisotopic (exact) mass is 335 g/mol. The predicted octanol–water partition coefficient (Wildman–Crippen LogP) is 3.23. The number of nitrogens with one attached hydrogen (secondary N) is 2. The van der Waals surface area contributed by atoms with Crippen LogP contribution in [0.2, 0.25) is 0 Å². The second kappa shape index (κ2) is 7.39. The van der Waals surface area contributed by atoms with Gasteiger partial charge in [-0.15, -0.1) is 0 Å². The van der Waals surface area contributed by atoms with Gasteiger partial charge < -0.3 is 15.7 Å². The summed E-state index contributed by atoms with van der Waals surface area (Å²) in [6, 6.07) is 14.1. The zero-order valence-corrected chi connectivity index (χ0v) is 13.6. The van der Waals surface area contributed by atoms with Crippen molar-refractivity contribution in [2.75, 3.05) is 10.6 Å². The van der Waals surface area contributed by atoms with Crippen molar-refractivity contribution in [2.24, 2.45) is 0 Å². The number of hydrogen-bond acceptors (Lipinski definition) is 6. The predicted molar refractivity (Wildman–Crippen MR) is 95.0 cm³/mol. The van der Waals surface area contributed by atoms with Gasteiger partial charge in [-0.3, -0.25) is 4.98 Å². The Hall–Kier alpha value is -3.48. The van der Waals surface area contributed by atoms with Crippen molar-refractivity contribution in [3.8, 4) is 0 Å². The Morgan fingerprint density at radius 2 is 1.84 bits per heavy atom. The van der Waals surface area contributed by atoms with E-state index in [0.29, 0.717) is 29.7 Å². The number of carboxylic acids is 1. The van der Waals surface area contributed by atoms with Crippen molar-refractivity contribution in [1.29, 1.82) is 0 Å². The fourth-order valence-corrected chi connectivity index (χ4v) is 2.32. The van der Waals surface area contributed by atoms with E-state index in [1.54, 1.807) is 43.5 Å². The maximum atomic E-state index is 11.3. The molecule has 2 aromatic heterocycles. The minimum Gasteiger partial charge on any atom is -0.478 e. The van der Waals surface area contributed by atoms with Gasteiger partial charge in [0.2, 0.25) is 0 Å². The topological polar surface area (TPSA) is 100 Å². The first-order valence-electron chi connectivity index (χ1n) is 7.70. The lowest BCUT2D eigenvalue weighted by molar-refractivity contribution is 0.0698. The number of anilines is 3. The molecular formula is C18H17N5O2. The molecule has 0 aliphatic heterocycles. The van der Waals surface area contributed by atoms with E-state index in [9.17, 15) is 9.90 Å². The molecule has 0 aliphatic rings. The molecule has 0 bridgehead atoms. The van der Waals surface area contributed by atoms with Crippen molar-refractivity contribution in [2.45, 2.75) is 13.5 Å². The van der Waals surface area contributed by atoms with Crippen molar-refractivity contribution in [1.82, 2.24) is 15.0 Å². The Labute approximate surface area is 144 Å². The molecule has 3 N–H and O–H groups in total. The average molecular weight is 335 g/mol. The first kappa shape index (κ1) is 16.4. The molecule has 3 rings (SSSR count). The number of nitrogens with zero attached hydrogens (tertiary/aromatic N) is 3. The van der Waals surface area contributed by atoms with Gasteiger partial charge in [0, 0.05) is 12.3 Å². The molecule has 0 fully saturated rings. The molecule has 7 nitrogen and oxygen atoms in total. The van der Waals surface area contributed by atoms with Crippen LogP contribution in [0, 0.1) is 6.92 Å². The molecule has 3 aromatic rings. The van der Waals surface area contributed by atoms with E-state index in [-0.39, 0.29) is 5.56 Å². The molecule has 0 aliphatic carbocycles. The first-order chi connectivity index (χ1) is 12.1. The van der Waals surface area contributed by atoms with E-state index in [4.69, 9.17) is 0 Å². The fraction of sp³-hybridized carbons (Fsp3) is 0.111. The standard InChI is InChI=1S/C18H17N5O2/c1-12-21-16(20-11-13-6-4-5-9-19-13)10-17(22-12)23-15-8-3-2-7-14(15)18(24)25/h2-10H,11H2,1H3,(H,24,25)(H2,20,21,22,23). The highest BCUT2D eigenvalue weighted by Gasteiger charge is 2.10. The van der Waals surface area contributed by atoms with Crippen LogP contribution in [-0.4, -0.2) is 26.0 Å². The Bertz CT molecular complexity index is 884. The third kappa shape index (κ3) is 4.29. The van der Waals surface area contributed by atoms with Gasteiger partial charge in [-0.05, 0) is 31.2 Å². The van der Waals surface area contributed by atoms with Crippen molar-refractivity contribution in [3.05, 3.63) is 71.8 Å². The van der Waals surface area contributed by atoms with E-state index in [1.807, 2.05) is 18.2 Å². The Kier molecular flexibility index (Phi) is 4.84. The van der Waals surface area contributed by atoms with E-state index in [0.717, 1.165) is 5.69 Å². The van der Waals surface area contributed by atoms with Crippen LogP contribution in [0.15, 0.2) is 54.7 Å². The van der Waals surface area contributed by atoms with Gasteiger partial charge in [-0.2, -0.15) is 0 Å². The molecule has 25 heavy (non-hydrogen) atoms. The average Bonchev–Trinajstić information content (AvgIpc) is 2.61. The second-order valence-corrected chi connectivity index (χ2v) is 5.34. The molecule has 0 radical (unpaired) electrons. The summed E-state index contributed by atoms with van der Waals surface area (Å²) in [6.07, 6.45) is 1.73. The molecule has 7 heteroatoms. The molecule has 126 valence electrons. The summed E-state index contributed by atoms with van der Waals surface area (Å²) in [5.74, 6) is 0.724. The molecular weight excluding hydrogens is 318 g/mol. The SMILES string of the molecule is Cc1nc(NCc2ccccn2)cc(Nc2ccccc2C(=O)O)n1. The number of aromatic carboxylic acids is 1. The van der Waals surface area contributed by atoms with Gasteiger partial charge in [0.25, 0.3) is 0 Å². The van der Waals surface area contributed by atoms with Crippen LogP contribution in [0.5, 0.6) is 0 Å². The zero-order valence-electron chi connectivity index (χ0n) is 13.6. The molecule has 0 atom stereocenters. The van der Waals surface area contributed by atoms with Crippen LogP contribution >= 0.6 is 0 Å². The highest BCUT2D eigenvalue weighted by atomic mass is 16.4. The van der Waals surface area contributed by atoms with Crippen molar-refractivity contribution < 1.29 is 9.90 Å². The summed E-state index contributed by atoms with van der Waals surface area (Å²) in [7, 11) is 0. The molecule has 0 spiro atoms. The summed E-state index contributed by atoms with van der Waals surface area (Å²) in [4.78, 5) is 24.2. The van der Waals surface area contributed by atoms with Crippen molar-refractivity contribution >= 4 is 23.3 Å². The summed E-state index contributed by atoms with van der Waals surface area (Å²) < 4.78 is 0. The lowest BCUT2D eigenvalue weighted by Crippen LogP contribution is -2.07. The summed E-state index contributed by atoms with van der Waals surface area (Å²) in [5.41, 5.74) is 1.55. The van der Waals surface area contributed by atoms with Crippen LogP contribution in [-0.2, 0) is 6.54 Å². The van der Waals surface area contributed by atoms with Gasteiger partial charge >= 0.3 is 5.97 Å². The van der Waals surface area contributed by atoms with E-state index in [1.165, 1.54) is 0 Å². The lowest BCUT2D eigenvalue weighted by Gasteiger charge is -2.11. The van der Waals surface area contributed by atoms with E-state index >= 15 is 0 Å². The molecule has 2 heterocycles. The maximum absolute atomic E-state index is 11.3. The van der Waals surface area contributed by atoms with Gasteiger partial charge in [-0.25, -0.2) is 14.8 Å². The quantitative estimate of drug-likeness (QED) is 0.636. The normalized spacial score (nSPS) is 10.3. The largest absolute Gasteiger partial charge is 0.478 e. The number of aromatic nitrogens is 3. The number of carboxylic acid groups (broad SMARTS) is 1. The van der Waals surface area contributed by atoms with Crippen LogP contribution in [0.25, 0.3) is 0 Å². The maximum Gasteiger partial charge on any atom is 0.337 e. The second-order valence-electron chi connectivity index (χ2n) is 5.34. The Morgan fingerprint density at radius 3 is 2.60 bits per heavy atom. The molecule has 0 amide bonds. The minimum atomic E-state index is -0.998. The smallest absolute Gasteiger partial charge is 0.337 e. The van der Waals surface area contributed by atoms with Crippen LogP contribution in [0.3, 0.4) is 0 Å². The number of carbonyl (C=O) groups is 1. The number of hydrogen-bond donors (Lipinski definition) is 3. The van der Waals surface area contributed by atoms with Crippen molar-refractivity contribution in [3.63, 3.8) is 0 Å². The van der Waals surface area contributed by atoms with Gasteiger partial charge in [0.1, 0.15) is 17.5 Å². The van der Waals surface area contributed by atoms with E-state index < -0.39 is 5.97 Å². The third-order valence-electron chi connectivity index (χ3n) is 3.43. The number of benzene rings is 1. The first-order valence-corrected chi connectivity index (χ1v) is 7.70. The minimum absolute atomic E-state index is 0.182. The number of rotatable bonds is 6. The van der Waals surface area contributed by atoms with Crippen LogP contribution in [0.4, 0.5) is 17.3 Å². The van der Waals surface area contributed by atoms with Crippen LogP contribution < -0.4 is 10.6 Å². The molecule has 0 unspecified atom stereocenters. The number of para-hydroxylation sites is 1. The van der Waals surface area contributed by atoms with Crippen LogP contribution in [0.1, 0.15) is 21.9 Å². The fourth-order valence-electron chi connectivity index (χ4n) is 2.32. The summed E-state index contributed by atoms with van der Waals surface area (Å²) >= 11 is 0. The molecule has 1 aromatic carbocycles. The number of pyridine rings is 1. The van der Waals surface area contributed by atoms with E-state index in [2.05, 4.69) is 25.6 Å². The zero-order chi connectivity index (χ0) is 17.6. The van der Waals surface area contributed by atoms with Gasteiger partial charge in [-0.1, -0.05) is 18.2 Å².